The molecule has 3 nitrogen and oxygen atoms in total. The Labute approximate surface area is 115 Å². The van der Waals surface area contributed by atoms with Gasteiger partial charge in [0, 0.05) is 18.2 Å². The summed E-state index contributed by atoms with van der Waals surface area (Å²) in [4.78, 5) is 11.6. The van der Waals surface area contributed by atoms with Gasteiger partial charge in [-0.25, -0.2) is 0 Å². The molecule has 0 aliphatic carbocycles. The molecule has 0 aliphatic rings. The third-order valence-corrected chi connectivity index (χ3v) is 2.62. The highest BCUT2D eigenvalue weighted by Gasteiger charge is 2.31. The molecule has 0 spiro atoms. The van der Waals surface area contributed by atoms with Crippen LogP contribution in [0, 0.1) is 12.8 Å². The number of rotatable bonds is 3. The van der Waals surface area contributed by atoms with E-state index < -0.39 is 17.7 Å². The zero-order chi connectivity index (χ0) is 13.9. The normalized spacial score (nSPS) is 12.5. The average molecular weight is 297 g/mol. The Hall–Kier alpha value is -1.27. The molecule has 7 heteroatoms. The van der Waals surface area contributed by atoms with Crippen LogP contribution < -0.4 is 11.1 Å². The molecule has 1 unspecified atom stereocenters. The number of nitrogens with two attached hydrogens (primary N) is 1. The minimum Gasteiger partial charge on any atom is -0.330 e. The molecule has 0 aromatic heterocycles. The fraction of sp³-hybridized carbons (Fsp3) is 0.417. The molecule has 0 heterocycles. The van der Waals surface area contributed by atoms with Crippen molar-refractivity contribution in [3.63, 3.8) is 0 Å². The minimum absolute atomic E-state index is 0. The number of alkyl halides is 3. The molecule has 1 amide bonds. The van der Waals surface area contributed by atoms with Gasteiger partial charge in [0.05, 0.1) is 5.56 Å². The highest BCUT2D eigenvalue weighted by Crippen LogP contribution is 2.32. The molecule has 0 radical (unpaired) electrons. The van der Waals surface area contributed by atoms with Crippen LogP contribution in [0.2, 0.25) is 0 Å². The van der Waals surface area contributed by atoms with Gasteiger partial charge in [-0.2, -0.15) is 13.2 Å². The van der Waals surface area contributed by atoms with E-state index in [1.807, 2.05) is 0 Å². The van der Waals surface area contributed by atoms with E-state index in [-0.39, 0.29) is 30.5 Å². The molecule has 19 heavy (non-hydrogen) atoms. The maximum atomic E-state index is 12.5. The summed E-state index contributed by atoms with van der Waals surface area (Å²) < 4.78 is 37.6. The number of hydrogen-bond donors (Lipinski definition) is 2. The Morgan fingerprint density at radius 3 is 2.47 bits per heavy atom. The molecule has 1 aromatic rings. The summed E-state index contributed by atoms with van der Waals surface area (Å²) in [6.07, 6.45) is -4.42. The Bertz CT molecular complexity index is 449. The van der Waals surface area contributed by atoms with Crippen molar-refractivity contribution >= 4 is 24.0 Å². The highest BCUT2D eigenvalue weighted by molar-refractivity contribution is 5.93. The van der Waals surface area contributed by atoms with Crippen molar-refractivity contribution in [3.05, 3.63) is 29.3 Å². The van der Waals surface area contributed by atoms with Gasteiger partial charge in [0.1, 0.15) is 0 Å². The first-order valence-electron chi connectivity index (χ1n) is 5.44. The summed E-state index contributed by atoms with van der Waals surface area (Å²) in [5.41, 5.74) is 5.27. The molecule has 0 aliphatic heterocycles. The number of aryl methyl sites for hydroxylation is 1. The molecule has 0 bridgehead atoms. The lowest BCUT2D eigenvalue weighted by Gasteiger charge is -2.14. The molecule has 1 rings (SSSR count). The minimum atomic E-state index is -4.42. The lowest BCUT2D eigenvalue weighted by atomic mass is 10.1. The lowest BCUT2D eigenvalue weighted by Crippen LogP contribution is -2.27. The predicted molar refractivity (Wildman–Crippen MR) is 70.3 cm³/mol. The first-order chi connectivity index (χ1) is 8.25. The van der Waals surface area contributed by atoms with Crippen molar-refractivity contribution in [2.24, 2.45) is 11.7 Å². The Kier molecular flexibility index (Phi) is 6.32. The molecule has 3 N–H and O–H groups in total. The number of carbonyl (C=O) groups is 1. The van der Waals surface area contributed by atoms with E-state index in [0.717, 1.165) is 12.1 Å². The van der Waals surface area contributed by atoms with Gasteiger partial charge in [0.15, 0.2) is 0 Å². The van der Waals surface area contributed by atoms with Crippen LogP contribution in [0.4, 0.5) is 18.9 Å². The number of carbonyl (C=O) groups excluding carboxylic acids is 1. The van der Waals surface area contributed by atoms with Gasteiger partial charge in [-0.15, -0.1) is 12.4 Å². The Morgan fingerprint density at radius 1 is 1.42 bits per heavy atom. The third kappa shape index (κ3) is 4.72. The Morgan fingerprint density at radius 2 is 2.00 bits per heavy atom. The van der Waals surface area contributed by atoms with Crippen LogP contribution in [0.5, 0.6) is 0 Å². The summed E-state index contributed by atoms with van der Waals surface area (Å²) >= 11 is 0. The van der Waals surface area contributed by atoms with E-state index in [4.69, 9.17) is 5.73 Å². The second kappa shape index (κ2) is 6.77. The van der Waals surface area contributed by atoms with E-state index in [0.29, 0.717) is 5.56 Å². The van der Waals surface area contributed by atoms with Crippen molar-refractivity contribution in [2.45, 2.75) is 20.0 Å². The maximum Gasteiger partial charge on any atom is 0.416 e. The van der Waals surface area contributed by atoms with E-state index >= 15 is 0 Å². The number of amides is 1. The predicted octanol–water partition coefficient (Wildman–Crippen LogP) is 2.97. The van der Waals surface area contributed by atoms with Crippen LogP contribution in [-0.2, 0) is 11.0 Å². The molecular formula is C12H16ClF3N2O. The standard InChI is InChI=1S/C12H15F3N2O.ClH/c1-7-3-4-9(12(13,14)15)5-10(7)17-11(18)8(2)6-16;/h3-5,8H,6,16H2,1-2H3,(H,17,18);1H. The molecular weight excluding hydrogens is 281 g/mol. The molecule has 0 fully saturated rings. The van der Waals surface area contributed by atoms with Crippen molar-refractivity contribution in [1.29, 1.82) is 0 Å². The van der Waals surface area contributed by atoms with Crippen LogP contribution in [0.25, 0.3) is 0 Å². The average Bonchev–Trinajstić information content (AvgIpc) is 2.29. The van der Waals surface area contributed by atoms with Gasteiger partial charge >= 0.3 is 6.18 Å². The smallest absolute Gasteiger partial charge is 0.330 e. The third-order valence-electron chi connectivity index (χ3n) is 2.62. The number of anilines is 1. The monoisotopic (exact) mass is 296 g/mol. The summed E-state index contributed by atoms with van der Waals surface area (Å²) in [6.45, 7) is 3.38. The molecule has 0 saturated heterocycles. The quantitative estimate of drug-likeness (QED) is 0.901. The number of benzene rings is 1. The lowest BCUT2D eigenvalue weighted by molar-refractivity contribution is -0.137. The van der Waals surface area contributed by atoms with Gasteiger partial charge in [0.2, 0.25) is 5.91 Å². The van der Waals surface area contributed by atoms with E-state index in [2.05, 4.69) is 5.32 Å². The van der Waals surface area contributed by atoms with Gasteiger partial charge in [-0.05, 0) is 24.6 Å². The van der Waals surface area contributed by atoms with Crippen LogP contribution >= 0.6 is 12.4 Å². The van der Waals surface area contributed by atoms with E-state index in [1.165, 1.54) is 6.07 Å². The highest BCUT2D eigenvalue weighted by atomic mass is 35.5. The zero-order valence-electron chi connectivity index (χ0n) is 10.5. The molecule has 0 saturated carbocycles. The summed E-state index contributed by atoms with van der Waals surface area (Å²) in [5, 5.41) is 2.45. The first-order valence-corrected chi connectivity index (χ1v) is 5.44. The fourth-order valence-corrected chi connectivity index (χ4v) is 1.30. The largest absolute Gasteiger partial charge is 0.416 e. The first kappa shape index (κ1) is 17.7. The second-order valence-electron chi connectivity index (χ2n) is 4.15. The van der Waals surface area contributed by atoms with Crippen LogP contribution in [0.3, 0.4) is 0 Å². The number of nitrogens with one attached hydrogen (secondary N) is 1. The Balaban J connectivity index is 0.00000324. The topological polar surface area (TPSA) is 55.1 Å². The molecule has 1 atom stereocenters. The van der Waals surface area contributed by atoms with Gasteiger partial charge in [0.25, 0.3) is 0 Å². The SMILES string of the molecule is Cc1ccc(C(F)(F)F)cc1NC(=O)C(C)CN.Cl. The van der Waals surface area contributed by atoms with Crippen LogP contribution in [-0.4, -0.2) is 12.5 Å². The zero-order valence-corrected chi connectivity index (χ0v) is 11.4. The van der Waals surface area contributed by atoms with Crippen molar-refractivity contribution < 1.29 is 18.0 Å². The van der Waals surface area contributed by atoms with Crippen molar-refractivity contribution in [1.82, 2.24) is 0 Å². The molecule has 108 valence electrons. The number of halogens is 4. The van der Waals surface area contributed by atoms with Crippen LogP contribution in [0.1, 0.15) is 18.1 Å². The van der Waals surface area contributed by atoms with Gasteiger partial charge in [-0.1, -0.05) is 13.0 Å². The number of hydrogen-bond acceptors (Lipinski definition) is 2. The molecule has 1 aromatic carbocycles. The van der Waals surface area contributed by atoms with Gasteiger partial charge < -0.3 is 11.1 Å². The summed E-state index contributed by atoms with van der Waals surface area (Å²) in [7, 11) is 0. The van der Waals surface area contributed by atoms with Crippen LogP contribution in [0.15, 0.2) is 18.2 Å². The van der Waals surface area contributed by atoms with E-state index in [1.54, 1.807) is 13.8 Å². The second-order valence-corrected chi connectivity index (χ2v) is 4.15. The van der Waals surface area contributed by atoms with Crippen molar-refractivity contribution in [2.75, 3.05) is 11.9 Å². The fourth-order valence-electron chi connectivity index (χ4n) is 1.30. The maximum absolute atomic E-state index is 12.5. The summed E-state index contributed by atoms with van der Waals surface area (Å²) in [5.74, 6) is -0.834. The summed E-state index contributed by atoms with van der Waals surface area (Å²) in [6, 6.07) is 3.24. The van der Waals surface area contributed by atoms with E-state index in [9.17, 15) is 18.0 Å². The van der Waals surface area contributed by atoms with Crippen molar-refractivity contribution in [3.8, 4) is 0 Å². The van der Waals surface area contributed by atoms with Gasteiger partial charge in [-0.3, -0.25) is 4.79 Å².